The van der Waals surface area contributed by atoms with E-state index < -0.39 is 30.8 Å². The molecule has 55 heavy (non-hydrogen) atoms. The molecule has 2 atom stereocenters. The number of esters is 3. The normalized spacial score (nSPS) is 13.7. The number of anilines is 1. The summed E-state index contributed by atoms with van der Waals surface area (Å²) in [6.45, 7) is 5.04. The van der Waals surface area contributed by atoms with E-state index in [9.17, 15) is 28.7 Å². The van der Waals surface area contributed by atoms with Crippen molar-refractivity contribution in [3.8, 4) is 29.9 Å². The Kier molecular flexibility index (Phi) is 14.7. The highest BCUT2D eigenvalue weighted by molar-refractivity contribution is 6.01. The van der Waals surface area contributed by atoms with Crippen molar-refractivity contribution in [3.05, 3.63) is 131 Å². The molecule has 0 radical (unpaired) electrons. The Bertz CT molecular complexity index is 2040. The Balaban J connectivity index is 0.000000404. The standard InChI is InChI=1S/C33H29NO7.C11H13FO2/c1-4-25-10-13-28(14-11-25)34-30(19-32(34)37)29-18-26(12-15-31(29)39-20-27-8-6-5-7-9-27)16-17-33(38,21-40-23(2)35)22-41-24(3)36;1-3-11(14-8(2)13)9-4-6-10(12)7-5-9/h1,5-15,18,30,38H,19-22H2,2-3H3;4-7,11H,3H2,1-2H3. The van der Waals surface area contributed by atoms with Gasteiger partial charge in [0.1, 0.15) is 37.5 Å². The van der Waals surface area contributed by atoms with E-state index >= 15 is 0 Å². The SMILES string of the molecule is C#Cc1ccc(N2C(=O)CC2c2cc(C#CC(O)(COC(C)=O)COC(C)=O)ccc2OCc2ccccc2)cc1.CCC(OC(C)=O)c1ccc(F)cc1. The van der Waals surface area contributed by atoms with Crippen molar-refractivity contribution < 1.29 is 47.6 Å². The molecule has 0 bridgehead atoms. The second kappa shape index (κ2) is 19.6. The van der Waals surface area contributed by atoms with Gasteiger partial charge in [0.05, 0.1) is 12.5 Å². The van der Waals surface area contributed by atoms with E-state index in [0.29, 0.717) is 35.6 Å². The molecule has 4 aromatic rings. The number of aliphatic hydroxyl groups is 1. The van der Waals surface area contributed by atoms with Crippen LogP contribution in [0.25, 0.3) is 0 Å². The number of halogens is 1. The molecular weight excluding hydrogens is 705 g/mol. The molecule has 0 saturated carbocycles. The van der Waals surface area contributed by atoms with Crippen molar-refractivity contribution in [2.45, 2.75) is 64.9 Å². The molecule has 1 amide bonds. The Morgan fingerprint density at radius 2 is 1.51 bits per heavy atom. The zero-order valence-corrected chi connectivity index (χ0v) is 31.0. The third kappa shape index (κ3) is 12.3. The molecule has 2 unspecified atom stereocenters. The van der Waals surface area contributed by atoms with Gasteiger partial charge in [0.25, 0.3) is 0 Å². The molecule has 284 valence electrons. The summed E-state index contributed by atoms with van der Waals surface area (Å²) >= 11 is 0. The minimum absolute atomic E-state index is 0.0499. The van der Waals surface area contributed by atoms with Gasteiger partial charge in [0.2, 0.25) is 5.91 Å². The van der Waals surface area contributed by atoms with E-state index in [4.69, 9.17) is 25.4 Å². The number of hydrogen-bond donors (Lipinski definition) is 1. The lowest BCUT2D eigenvalue weighted by Crippen LogP contribution is -2.46. The fourth-order valence-corrected chi connectivity index (χ4v) is 5.47. The third-order valence-electron chi connectivity index (χ3n) is 8.26. The fraction of sp³-hybridized carbons (Fsp3) is 0.273. The predicted molar refractivity (Wildman–Crippen MR) is 203 cm³/mol. The van der Waals surface area contributed by atoms with Gasteiger partial charge >= 0.3 is 17.9 Å². The van der Waals surface area contributed by atoms with Crippen molar-refractivity contribution in [2.24, 2.45) is 0 Å². The van der Waals surface area contributed by atoms with Crippen LogP contribution < -0.4 is 9.64 Å². The predicted octanol–water partition coefficient (Wildman–Crippen LogP) is 6.77. The molecule has 10 nitrogen and oxygen atoms in total. The van der Waals surface area contributed by atoms with Gasteiger partial charge in [0, 0.05) is 43.1 Å². The second-order valence-corrected chi connectivity index (χ2v) is 12.6. The van der Waals surface area contributed by atoms with Gasteiger partial charge < -0.3 is 29.0 Å². The average molecular weight is 748 g/mol. The number of β-lactam (4-membered cyclic amide) rings is 1. The van der Waals surface area contributed by atoms with Gasteiger partial charge in [0.15, 0.2) is 5.60 Å². The van der Waals surface area contributed by atoms with Gasteiger partial charge in [-0.2, -0.15) is 0 Å². The molecule has 1 heterocycles. The van der Waals surface area contributed by atoms with Crippen LogP contribution in [-0.2, 0) is 40.0 Å². The van der Waals surface area contributed by atoms with E-state index in [1.165, 1.54) is 32.9 Å². The molecule has 5 rings (SSSR count). The molecule has 1 fully saturated rings. The molecular formula is C44H42FNO9. The van der Waals surface area contributed by atoms with Crippen LogP contribution in [0.3, 0.4) is 0 Å². The average Bonchev–Trinajstić information content (AvgIpc) is 3.17. The highest BCUT2D eigenvalue weighted by atomic mass is 19.1. The van der Waals surface area contributed by atoms with Crippen molar-refractivity contribution in [1.82, 2.24) is 0 Å². The first kappa shape index (κ1) is 41.3. The molecule has 4 aromatic carbocycles. The number of amides is 1. The van der Waals surface area contributed by atoms with E-state index in [1.807, 2.05) is 37.3 Å². The maximum Gasteiger partial charge on any atom is 0.303 e. The summed E-state index contributed by atoms with van der Waals surface area (Å²) in [4.78, 5) is 47.9. The van der Waals surface area contributed by atoms with E-state index in [2.05, 4.69) is 17.8 Å². The van der Waals surface area contributed by atoms with Gasteiger partial charge in [-0.05, 0) is 72.1 Å². The summed E-state index contributed by atoms with van der Waals surface area (Å²) < 4.78 is 33.7. The first-order valence-electron chi connectivity index (χ1n) is 17.4. The molecule has 1 N–H and O–H groups in total. The quantitative estimate of drug-likeness (QED) is 0.0723. The van der Waals surface area contributed by atoms with Crippen LogP contribution in [0.5, 0.6) is 5.75 Å². The highest BCUT2D eigenvalue weighted by Gasteiger charge is 2.40. The fourth-order valence-electron chi connectivity index (χ4n) is 5.47. The maximum atomic E-state index is 12.8. The molecule has 1 aliphatic rings. The number of ether oxygens (including phenoxy) is 4. The van der Waals surface area contributed by atoms with Crippen LogP contribution >= 0.6 is 0 Å². The molecule has 0 aromatic heterocycles. The minimum Gasteiger partial charge on any atom is -0.489 e. The second-order valence-electron chi connectivity index (χ2n) is 12.6. The number of terminal acetylenes is 1. The summed E-state index contributed by atoms with van der Waals surface area (Å²) in [5, 5.41) is 10.9. The van der Waals surface area contributed by atoms with Crippen LogP contribution in [0.1, 0.15) is 80.5 Å². The van der Waals surface area contributed by atoms with Crippen molar-refractivity contribution in [1.29, 1.82) is 0 Å². The largest absolute Gasteiger partial charge is 0.489 e. The van der Waals surface area contributed by atoms with Crippen LogP contribution in [0.15, 0.2) is 97.1 Å². The van der Waals surface area contributed by atoms with Crippen molar-refractivity contribution in [2.75, 3.05) is 18.1 Å². The van der Waals surface area contributed by atoms with Gasteiger partial charge in [-0.3, -0.25) is 19.2 Å². The Hall–Kier alpha value is -6.43. The van der Waals surface area contributed by atoms with Gasteiger partial charge in [-0.15, -0.1) is 6.42 Å². The lowest BCUT2D eigenvalue weighted by molar-refractivity contribution is -0.154. The molecule has 11 heteroatoms. The number of hydrogen-bond acceptors (Lipinski definition) is 9. The Morgan fingerprint density at radius 3 is 2.05 bits per heavy atom. The number of nitrogens with zero attached hydrogens (tertiary/aromatic N) is 1. The molecule has 0 spiro atoms. The summed E-state index contributed by atoms with van der Waals surface area (Å²) in [6, 6.07) is 27.8. The van der Waals surface area contributed by atoms with E-state index in [-0.39, 0.29) is 36.3 Å². The summed E-state index contributed by atoms with van der Waals surface area (Å²) in [5.74, 6) is 6.85. The number of carbonyl (C=O) groups is 4. The molecule has 0 aliphatic carbocycles. The topological polar surface area (TPSA) is 129 Å². The lowest BCUT2D eigenvalue weighted by atomic mass is 9.90. The highest BCUT2D eigenvalue weighted by Crippen LogP contribution is 2.43. The maximum absolute atomic E-state index is 12.8. The van der Waals surface area contributed by atoms with Crippen LogP contribution in [-0.4, -0.2) is 47.7 Å². The smallest absolute Gasteiger partial charge is 0.303 e. The summed E-state index contributed by atoms with van der Waals surface area (Å²) in [5.41, 5.74) is 2.54. The first-order chi connectivity index (χ1) is 26.3. The zero-order chi connectivity index (χ0) is 40.0. The lowest BCUT2D eigenvalue weighted by Gasteiger charge is -2.41. The summed E-state index contributed by atoms with van der Waals surface area (Å²) in [6.07, 6.45) is 6.16. The molecule has 1 saturated heterocycles. The monoisotopic (exact) mass is 747 g/mol. The van der Waals surface area contributed by atoms with Crippen LogP contribution in [0, 0.1) is 30.0 Å². The zero-order valence-electron chi connectivity index (χ0n) is 31.0. The van der Waals surface area contributed by atoms with E-state index in [1.54, 1.807) is 59.5 Å². The van der Waals surface area contributed by atoms with Crippen LogP contribution in [0.2, 0.25) is 0 Å². The first-order valence-corrected chi connectivity index (χ1v) is 17.4. The van der Waals surface area contributed by atoms with Crippen LogP contribution in [0.4, 0.5) is 10.1 Å². The third-order valence-corrected chi connectivity index (χ3v) is 8.26. The summed E-state index contributed by atoms with van der Waals surface area (Å²) in [7, 11) is 0. The van der Waals surface area contributed by atoms with Gasteiger partial charge in [-0.1, -0.05) is 67.1 Å². The Morgan fingerprint density at radius 1 is 0.891 bits per heavy atom. The Labute approximate surface area is 320 Å². The van der Waals surface area contributed by atoms with Crippen molar-refractivity contribution >= 4 is 29.5 Å². The van der Waals surface area contributed by atoms with Crippen molar-refractivity contribution in [3.63, 3.8) is 0 Å². The van der Waals surface area contributed by atoms with Gasteiger partial charge in [-0.25, -0.2) is 4.39 Å². The van der Waals surface area contributed by atoms with E-state index in [0.717, 1.165) is 16.7 Å². The number of rotatable bonds is 12. The number of carbonyl (C=O) groups excluding carboxylic acids is 4. The molecule has 1 aliphatic heterocycles. The minimum atomic E-state index is -1.92. The number of benzene rings is 4.